The van der Waals surface area contributed by atoms with E-state index in [9.17, 15) is 9.90 Å². The van der Waals surface area contributed by atoms with Crippen LogP contribution in [0.4, 0.5) is 5.69 Å². The van der Waals surface area contributed by atoms with Gasteiger partial charge in [0.25, 0.3) is 0 Å². The molecule has 0 heterocycles. The Bertz CT molecular complexity index is 1240. The second-order valence-electron chi connectivity index (χ2n) is 10.4. The monoisotopic (exact) mass is 469 g/mol. The molecule has 1 atom stereocenters. The molecule has 0 spiro atoms. The highest BCUT2D eigenvalue weighted by atomic mass is 16.4. The number of carboxylic acid groups (broad SMARTS) is 1. The maximum Gasteiger partial charge on any atom is 0.335 e. The van der Waals surface area contributed by atoms with Crippen LogP contribution in [0, 0.1) is 24.7 Å². The zero-order valence-electron chi connectivity index (χ0n) is 21.4. The molecule has 0 aliphatic heterocycles. The fourth-order valence-corrected chi connectivity index (χ4v) is 3.80. The molecule has 3 aromatic rings. The van der Waals surface area contributed by atoms with Crippen LogP contribution in [-0.4, -0.2) is 22.7 Å². The molecule has 3 rings (SSSR count). The Labute approximate surface area is 209 Å². The minimum atomic E-state index is -0.987. The third-order valence-electron chi connectivity index (χ3n) is 5.82. The van der Waals surface area contributed by atoms with Gasteiger partial charge in [-0.25, -0.2) is 4.79 Å². The van der Waals surface area contributed by atoms with Gasteiger partial charge < -0.3 is 15.5 Å². The third kappa shape index (κ3) is 6.74. The highest BCUT2D eigenvalue weighted by Gasteiger charge is 2.24. The van der Waals surface area contributed by atoms with Crippen LogP contribution in [0.15, 0.2) is 60.7 Å². The zero-order valence-corrected chi connectivity index (χ0v) is 21.4. The first-order valence-corrected chi connectivity index (χ1v) is 12.0. The van der Waals surface area contributed by atoms with E-state index in [1.54, 1.807) is 12.1 Å². The van der Waals surface area contributed by atoms with Crippen LogP contribution in [0.25, 0.3) is 11.1 Å². The lowest BCUT2D eigenvalue weighted by atomic mass is 9.81. The minimum Gasteiger partial charge on any atom is -0.478 e. The summed E-state index contributed by atoms with van der Waals surface area (Å²) in [7, 11) is 0. The van der Waals surface area contributed by atoms with Gasteiger partial charge in [-0.3, -0.25) is 0 Å². The zero-order chi connectivity index (χ0) is 25.8. The van der Waals surface area contributed by atoms with E-state index in [0.717, 1.165) is 34.5 Å². The van der Waals surface area contributed by atoms with Crippen molar-refractivity contribution in [2.45, 2.75) is 53.1 Å². The summed E-state index contributed by atoms with van der Waals surface area (Å²) in [5.41, 5.74) is 6.96. The third-order valence-corrected chi connectivity index (χ3v) is 5.82. The SMILES string of the molecule is Cc1ccc(-c2cc(C(O)C#Cc3ccc(C(=O)O)cc3)cc(C(C)(C)C)c2NCC(C)C)cc1. The van der Waals surface area contributed by atoms with Gasteiger partial charge >= 0.3 is 5.97 Å². The quantitative estimate of drug-likeness (QED) is 0.347. The van der Waals surface area contributed by atoms with Gasteiger partial charge in [0.15, 0.2) is 0 Å². The second-order valence-corrected chi connectivity index (χ2v) is 10.4. The number of aliphatic hydroxyl groups excluding tert-OH is 1. The first kappa shape index (κ1) is 26.1. The lowest BCUT2D eigenvalue weighted by molar-refractivity contribution is 0.0697. The highest BCUT2D eigenvalue weighted by molar-refractivity contribution is 5.87. The number of aromatic carboxylic acids is 1. The number of hydrogen-bond acceptors (Lipinski definition) is 3. The summed E-state index contributed by atoms with van der Waals surface area (Å²) < 4.78 is 0. The van der Waals surface area contributed by atoms with Gasteiger partial charge in [0.05, 0.1) is 5.56 Å². The molecule has 4 nitrogen and oxygen atoms in total. The van der Waals surface area contributed by atoms with E-state index >= 15 is 0 Å². The van der Waals surface area contributed by atoms with Crippen molar-refractivity contribution < 1.29 is 15.0 Å². The number of nitrogens with one attached hydrogen (secondary N) is 1. The van der Waals surface area contributed by atoms with Gasteiger partial charge in [0.2, 0.25) is 0 Å². The maximum atomic E-state index is 11.1. The minimum absolute atomic E-state index is 0.158. The number of rotatable bonds is 6. The second kappa shape index (κ2) is 10.8. The van der Waals surface area contributed by atoms with Crippen LogP contribution in [0.5, 0.6) is 0 Å². The molecule has 182 valence electrons. The summed E-state index contributed by atoms with van der Waals surface area (Å²) in [4.78, 5) is 11.1. The molecule has 0 amide bonds. The number of anilines is 1. The van der Waals surface area contributed by atoms with Crippen molar-refractivity contribution in [2.24, 2.45) is 5.92 Å². The van der Waals surface area contributed by atoms with Crippen molar-refractivity contribution in [3.8, 4) is 23.0 Å². The molecule has 0 fully saturated rings. The van der Waals surface area contributed by atoms with Crippen LogP contribution in [-0.2, 0) is 5.41 Å². The molecule has 0 radical (unpaired) electrons. The molecule has 1 unspecified atom stereocenters. The number of aryl methyl sites for hydroxylation is 1. The average molecular weight is 470 g/mol. The van der Waals surface area contributed by atoms with Crippen molar-refractivity contribution >= 4 is 11.7 Å². The highest BCUT2D eigenvalue weighted by Crippen LogP contribution is 2.40. The summed E-state index contributed by atoms with van der Waals surface area (Å²) in [6.45, 7) is 13.8. The lowest BCUT2D eigenvalue weighted by Crippen LogP contribution is -2.19. The lowest BCUT2D eigenvalue weighted by Gasteiger charge is -2.28. The van der Waals surface area contributed by atoms with Gasteiger partial charge in [-0.05, 0) is 71.3 Å². The van der Waals surface area contributed by atoms with E-state index in [4.69, 9.17) is 5.11 Å². The number of hydrogen-bond donors (Lipinski definition) is 3. The Hall–Kier alpha value is -3.55. The first-order chi connectivity index (χ1) is 16.5. The topological polar surface area (TPSA) is 69.6 Å². The molecule has 3 N–H and O–H groups in total. The van der Waals surface area contributed by atoms with Gasteiger partial charge in [-0.1, -0.05) is 76.3 Å². The van der Waals surface area contributed by atoms with Crippen molar-refractivity contribution in [3.05, 3.63) is 88.5 Å². The summed E-state index contributed by atoms with van der Waals surface area (Å²) in [6, 6.07) is 18.8. The van der Waals surface area contributed by atoms with E-state index in [2.05, 4.69) is 83.0 Å². The largest absolute Gasteiger partial charge is 0.478 e. The summed E-state index contributed by atoms with van der Waals surface area (Å²) in [5, 5.41) is 23.8. The summed E-state index contributed by atoms with van der Waals surface area (Å²) in [5.74, 6) is 5.42. The fraction of sp³-hybridized carbons (Fsp3) is 0.323. The van der Waals surface area contributed by atoms with Crippen LogP contribution in [0.1, 0.15) is 73.3 Å². The van der Waals surface area contributed by atoms with Crippen molar-refractivity contribution in [3.63, 3.8) is 0 Å². The molecule has 35 heavy (non-hydrogen) atoms. The summed E-state index contributed by atoms with van der Waals surface area (Å²) in [6.07, 6.45) is -0.987. The van der Waals surface area contributed by atoms with Crippen LogP contribution >= 0.6 is 0 Å². The smallest absolute Gasteiger partial charge is 0.335 e. The van der Waals surface area contributed by atoms with E-state index in [1.165, 1.54) is 17.7 Å². The molecule has 0 bridgehead atoms. The van der Waals surface area contributed by atoms with Crippen molar-refractivity contribution in [1.82, 2.24) is 0 Å². The van der Waals surface area contributed by atoms with E-state index < -0.39 is 12.1 Å². The Balaban J connectivity index is 2.10. The molecular weight excluding hydrogens is 434 g/mol. The van der Waals surface area contributed by atoms with Crippen molar-refractivity contribution in [1.29, 1.82) is 0 Å². The molecule has 4 heteroatoms. The number of carbonyl (C=O) groups is 1. The predicted octanol–water partition coefficient (Wildman–Crippen LogP) is 6.81. The Morgan fingerprint density at radius 2 is 1.63 bits per heavy atom. The predicted molar refractivity (Wildman–Crippen MR) is 144 cm³/mol. The maximum absolute atomic E-state index is 11.1. The first-order valence-electron chi connectivity index (χ1n) is 12.0. The molecular formula is C31H35NO3. The van der Waals surface area contributed by atoms with Gasteiger partial charge in [0.1, 0.15) is 6.10 Å². The van der Waals surface area contributed by atoms with Crippen LogP contribution < -0.4 is 5.32 Å². The Morgan fingerprint density at radius 3 is 2.17 bits per heavy atom. The van der Waals surface area contributed by atoms with Gasteiger partial charge in [-0.2, -0.15) is 0 Å². The van der Waals surface area contributed by atoms with Crippen LogP contribution in [0.2, 0.25) is 0 Å². The fourth-order valence-electron chi connectivity index (χ4n) is 3.80. The Kier molecular flexibility index (Phi) is 8.04. The molecule has 0 aliphatic carbocycles. The van der Waals surface area contributed by atoms with Gasteiger partial charge in [0, 0.05) is 23.4 Å². The standard InChI is InChI=1S/C31H35NO3/c1-20(2)19-32-29-26(23-12-7-21(3)8-13-23)17-25(18-27(29)31(4,5)6)28(33)16-11-22-9-14-24(15-10-22)30(34)35/h7-10,12-15,17-18,20,28,32-33H,19H2,1-6H3,(H,34,35). The average Bonchev–Trinajstić information content (AvgIpc) is 2.80. The normalized spacial score (nSPS) is 12.1. The molecule has 0 aromatic heterocycles. The van der Waals surface area contributed by atoms with E-state index in [1.807, 2.05) is 12.1 Å². The molecule has 0 aliphatic rings. The van der Waals surface area contributed by atoms with Crippen molar-refractivity contribution in [2.75, 3.05) is 11.9 Å². The Morgan fingerprint density at radius 1 is 1.00 bits per heavy atom. The van der Waals surface area contributed by atoms with E-state index in [0.29, 0.717) is 11.5 Å². The number of carboxylic acids is 1. The number of benzene rings is 3. The van der Waals surface area contributed by atoms with E-state index in [-0.39, 0.29) is 11.0 Å². The summed E-state index contributed by atoms with van der Waals surface area (Å²) >= 11 is 0. The number of aliphatic hydroxyl groups is 1. The molecule has 3 aromatic carbocycles. The van der Waals surface area contributed by atoms with Crippen LogP contribution in [0.3, 0.4) is 0 Å². The molecule has 0 saturated heterocycles. The van der Waals surface area contributed by atoms with Gasteiger partial charge in [-0.15, -0.1) is 0 Å². The molecule has 0 saturated carbocycles.